The van der Waals surface area contributed by atoms with Crippen molar-refractivity contribution >= 4 is 40.1 Å². The Kier molecular flexibility index (Phi) is 7.68. The molecule has 1 aromatic carbocycles. The fraction of sp³-hybridized carbons (Fsp3) is 0.375. The summed E-state index contributed by atoms with van der Waals surface area (Å²) in [5.74, 6) is 0.532. The van der Waals surface area contributed by atoms with Gasteiger partial charge < -0.3 is 14.8 Å². The topological polar surface area (TPSA) is 90.4 Å². The van der Waals surface area contributed by atoms with Gasteiger partial charge in [-0.05, 0) is 31.0 Å². The first-order valence-corrected chi connectivity index (χ1v) is 9.45. The number of rotatable bonds is 9. The average molecular weight is 381 g/mol. The predicted molar refractivity (Wildman–Crippen MR) is 97.2 cm³/mol. The number of carbonyl (C=O) groups excluding carboxylic acids is 2. The maximum atomic E-state index is 12.0. The number of benzene rings is 1. The smallest absolute Gasteiger partial charge is 0.316 e. The Labute approximate surface area is 154 Å². The van der Waals surface area contributed by atoms with Gasteiger partial charge in [0.05, 0.1) is 19.5 Å². The maximum Gasteiger partial charge on any atom is 0.316 e. The van der Waals surface area contributed by atoms with E-state index in [-0.39, 0.29) is 17.6 Å². The molecule has 0 bridgehead atoms. The third-order valence-corrected chi connectivity index (χ3v) is 5.02. The van der Waals surface area contributed by atoms with Gasteiger partial charge in [-0.3, -0.25) is 9.59 Å². The molecule has 0 atom stereocenters. The van der Waals surface area contributed by atoms with Crippen LogP contribution in [0.15, 0.2) is 28.6 Å². The van der Waals surface area contributed by atoms with Gasteiger partial charge >= 0.3 is 5.97 Å². The summed E-state index contributed by atoms with van der Waals surface area (Å²) >= 11 is 2.47. The van der Waals surface area contributed by atoms with E-state index in [0.29, 0.717) is 28.9 Å². The Morgan fingerprint density at radius 2 is 2.00 bits per heavy atom. The molecular weight excluding hydrogens is 362 g/mol. The zero-order chi connectivity index (χ0) is 18.1. The second-order valence-corrected chi connectivity index (χ2v) is 7.06. The molecule has 2 rings (SSSR count). The number of thioether (sulfide) groups is 1. The zero-order valence-electron chi connectivity index (χ0n) is 14.0. The molecule has 2 aromatic rings. The van der Waals surface area contributed by atoms with E-state index in [1.807, 2.05) is 24.3 Å². The van der Waals surface area contributed by atoms with Crippen molar-refractivity contribution in [2.24, 2.45) is 0 Å². The van der Waals surface area contributed by atoms with E-state index in [0.717, 1.165) is 11.3 Å². The Bertz CT molecular complexity index is 704. The summed E-state index contributed by atoms with van der Waals surface area (Å²) in [6.07, 6.45) is 0.969. The number of nitrogens with one attached hydrogen (secondary N) is 1. The molecule has 0 saturated heterocycles. The minimum absolute atomic E-state index is 0.131. The number of esters is 1. The molecule has 0 saturated carbocycles. The van der Waals surface area contributed by atoms with Gasteiger partial charge in [-0.25, -0.2) is 0 Å². The average Bonchev–Trinajstić information content (AvgIpc) is 3.06. The second kappa shape index (κ2) is 10.00. The van der Waals surface area contributed by atoms with Crippen molar-refractivity contribution < 1.29 is 19.1 Å². The minimum Gasteiger partial charge on any atom is -0.497 e. The molecule has 0 unspecified atom stereocenters. The van der Waals surface area contributed by atoms with Crippen molar-refractivity contribution in [3.63, 3.8) is 0 Å². The first kappa shape index (κ1) is 19.2. The third-order valence-electron chi connectivity index (χ3n) is 3.07. The number of nitrogens with zero attached hydrogens (tertiary/aromatic N) is 2. The molecule has 0 fully saturated rings. The van der Waals surface area contributed by atoms with Crippen molar-refractivity contribution in [3.8, 4) is 5.75 Å². The van der Waals surface area contributed by atoms with Crippen LogP contribution in [0, 0.1) is 0 Å². The standard InChI is InChI=1S/C16H19N3O4S2/c1-3-23-14(21)10-24-16-19-18-15(25-16)17-13(20)9-6-11-4-7-12(22-2)8-5-11/h4-5,7-8H,3,6,9-10H2,1-2H3,(H,17,18,20). The molecule has 0 aliphatic rings. The lowest BCUT2D eigenvalue weighted by molar-refractivity contribution is -0.139. The van der Waals surface area contributed by atoms with Crippen LogP contribution in [-0.2, 0) is 20.7 Å². The number of hydrogen-bond donors (Lipinski definition) is 1. The van der Waals surface area contributed by atoms with Gasteiger partial charge in [0.1, 0.15) is 5.75 Å². The van der Waals surface area contributed by atoms with E-state index in [9.17, 15) is 9.59 Å². The van der Waals surface area contributed by atoms with Crippen LogP contribution in [-0.4, -0.2) is 41.5 Å². The van der Waals surface area contributed by atoms with E-state index < -0.39 is 0 Å². The van der Waals surface area contributed by atoms with Gasteiger partial charge in [0.25, 0.3) is 0 Å². The second-order valence-electron chi connectivity index (χ2n) is 4.86. The Morgan fingerprint density at radius 3 is 2.68 bits per heavy atom. The van der Waals surface area contributed by atoms with Crippen LogP contribution in [0.2, 0.25) is 0 Å². The van der Waals surface area contributed by atoms with E-state index in [1.54, 1.807) is 14.0 Å². The Hall–Kier alpha value is -2.13. The van der Waals surface area contributed by atoms with Crippen LogP contribution in [0.5, 0.6) is 5.75 Å². The van der Waals surface area contributed by atoms with Crippen LogP contribution < -0.4 is 10.1 Å². The molecule has 9 heteroatoms. The lowest BCUT2D eigenvalue weighted by Gasteiger charge is -2.03. The monoisotopic (exact) mass is 381 g/mol. The van der Waals surface area contributed by atoms with Gasteiger partial charge in [-0.15, -0.1) is 10.2 Å². The van der Waals surface area contributed by atoms with Gasteiger partial charge in [0.2, 0.25) is 11.0 Å². The van der Waals surface area contributed by atoms with Crippen molar-refractivity contribution in [1.29, 1.82) is 0 Å². The quantitative estimate of drug-likeness (QED) is 0.406. The fourth-order valence-corrected chi connectivity index (χ4v) is 3.44. The highest BCUT2D eigenvalue weighted by Gasteiger charge is 2.11. The molecule has 1 aromatic heterocycles. The molecule has 7 nitrogen and oxygen atoms in total. The van der Waals surface area contributed by atoms with Crippen LogP contribution in [0.4, 0.5) is 5.13 Å². The molecule has 1 N–H and O–H groups in total. The summed E-state index contributed by atoms with van der Waals surface area (Å²) < 4.78 is 10.6. The van der Waals surface area contributed by atoms with Crippen LogP contribution >= 0.6 is 23.1 Å². The summed E-state index contributed by atoms with van der Waals surface area (Å²) in [6, 6.07) is 7.60. The number of aromatic nitrogens is 2. The Morgan fingerprint density at radius 1 is 1.24 bits per heavy atom. The molecule has 134 valence electrons. The molecule has 1 amide bonds. The molecule has 0 aliphatic heterocycles. The number of carbonyl (C=O) groups is 2. The number of hydrogen-bond acceptors (Lipinski definition) is 8. The number of aryl methyl sites for hydroxylation is 1. The largest absolute Gasteiger partial charge is 0.497 e. The van der Waals surface area contributed by atoms with Crippen LogP contribution in [0.25, 0.3) is 0 Å². The minimum atomic E-state index is -0.298. The zero-order valence-corrected chi connectivity index (χ0v) is 15.6. The van der Waals surface area contributed by atoms with Gasteiger partial charge in [-0.2, -0.15) is 0 Å². The van der Waals surface area contributed by atoms with Crippen molar-refractivity contribution in [3.05, 3.63) is 29.8 Å². The third kappa shape index (κ3) is 6.71. The highest BCUT2D eigenvalue weighted by atomic mass is 32.2. The number of anilines is 1. The SMILES string of the molecule is CCOC(=O)CSc1nnc(NC(=O)CCc2ccc(OC)cc2)s1. The van der Waals surface area contributed by atoms with Gasteiger partial charge in [0.15, 0.2) is 4.34 Å². The van der Waals surface area contributed by atoms with Crippen LogP contribution in [0.3, 0.4) is 0 Å². The number of ether oxygens (including phenoxy) is 2. The van der Waals surface area contributed by atoms with Crippen molar-refractivity contribution in [2.45, 2.75) is 24.1 Å². The molecule has 1 heterocycles. The van der Waals surface area contributed by atoms with Crippen LogP contribution in [0.1, 0.15) is 18.9 Å². The summed E-state index contributed by atoms with van der Waals surface area (Å²) in [5.41, 5.74) is 1.05. The lowest BCUT2D eigenvalue weighted by Crippen LogP contribution is -2.12. The highest BCUT2D eigenvalue weighted by molar-refractivity contribution is 8.01. The Balaban J connectivity index is 1.75. The summed E-state index contributed by atoms with van der Waals surface area (Å²) in [4.78, 5) is 23.3. The van der Waals surface area contributed by atoms with Crippen molar-refractivity contribution in [1.82, 2.24) is 10.2 Å². The van der Waals surface area contributed by atoms with Gasteiger partial charge in [0, 0.05) is 6.42 Å². The normalized spacial score (nSPS) is 10.3. The first-order chi connectivity index (χ1) is 12.1. The molecule has 0 aliphatic carbocycles. The van der Waals surface area contributed by atoms with E-state index in [4.69, 9.17) is 9.47 Å². The molecule has 0 spiro atoms. The molecule has 25 heavy (non-hydrogen) atoms. The molecular formula is C16H19N3O4S2. The molecule has 0 radical (unpaired) electrons. The van der Waals surface area contributed by atoms with Crippen molar-refractivity contribution in [2.75, 3.05) is 24.8 Å². The lowest BCUT2D eigenvalue weighted by atomic mass is 10.1. The van der Waals surface area contributed by atoms with E-state index in [1.165, 1.54) is 23.1 Å². The summed E-state index contributed by atoms with van der Waals surface area (Å²) in [6.45, 7) is 2.11. The number of amides is 1. The predicted octanol–water partition coefficient (Wildman–Crippen LogP) is 2.77. The number of methoxy groups -OCH3 is 1. The summed E-state index contributed by atoms with van der Waals surface area (Å²) in [5, 5.41) is 11.0. The van der Waals surface area contributed by atoms with E-state index >= 15 is 0 Å². The fourth-order valence-electron chi connectivity index (χ4n) is 1.87. The summed E-state index contributed by atoms with van der Waals surface area (Å²) in [7, 11) is 1.61. The van der Waals surface area contributed by atoms with Gasteiger partial charge in [-0.1, -0.05) is 35.2 Å². The first-order valence-electron chi connectivity index (χ1n) is 7.65. The van der Waals surface area contributed by atoms with E-state index in [2.05, 4.69) is 15.5 Å². The highest BCUT2D eigenvalue weighted by Crippen LogP contribution is 2.25. The maximum absolute atomic E-state index is 12.0.